The van der Waals surface area contributed by atoms with Crippen LogP contribution < -0.4 is 15.0 Å². The van der Waals surface area contributed by atoms with Gasteiger partial charge in [0.1, 0.15) is 5.75 Å². The zero-order chi connectivity index (χ0) is 19.2. The van der Waals surface area contributed by atoms with Crippen LogP contribution >= 0.6 is 23.4 Å². The van der Waals surface area contributed by atoms with Gasteiger partial charge in [0.15, 0.2) is 0 Å². The number of methoxy groups -OCH3 is 1. The molecule has 27 heavy (non-hydrogen) atoms. The maximum Gasteiger partial charge on any atom is 0.234 e. The molecule has 0 radical (unpaired) electrons. The number of piperazine rings is 1. The third-order valence-corrected chi connectivity index (χ3v) is 5.75. The summed E-state index contributed by atoms with van der Waals surface area (Å²) in [5, 5.41) is 3.65. The zero-order valence-electron chi connectivity index (χ0n) is 15.6. The number of benzene rings is 2. The van der Waals surface area contributed by atoms with Crippen molar-refractivity contribution in [1.29, 1.82) is 0 Å². The van der Waals surface area contributed by atoms with Gasteiger partial charge >= 0.3 is 0 Å². The molecule has 1 aliphatic rings. The summed E-state index contributed by atoms with van der Waals surface area (Å²) in [6, 6.07) is 13.4. The van der Waals surface area contributed by atoms with Gasteiger partial charge in [0.05, 0.1) is 24.2 Å². The lowest BCUT2D eigenvalue weighted by molar-refractivity contribution is -0.113. The van der Waals surface area contributed by atoms with E-state index >= 15 is 0 Å². The van der Waals surface area contributed by atoms with Crippen LogP contribution in [0.2, 0.25) is 5.02 Å². The van der Waals surface area contributed by atoms with Gasteiger partial charge in [0.2, 0.25) is 5.91 Å². The van der Waals surface area contributed by atoms with Crippen LogP contribution in [0.4, 0.5) is 11.4 Å². The van der Waals surface area contributed by atoms with E-state index in [-0.39, 0.29) is 5.91 Å². The first kappa shape index (κ1) is 19.9. The lowest BCUT2D eigenvalue weighted by atomic mass is 10.2. The third-order valence-electron chi connectivity index (χ3n) is 4.51. The smallest absolute Gasteiger partial charge is 0.234 e. The number of nitrogens with zero attached hydrogens (tertiary/aromatic N) is 2. The zero-order valence-corrected chi connectivity index (χ0v) is 17.1. The number of carbonyl (C=O) groups excluding carboxylic acids is 1. The van der Waals surface area contributed by atoms with Crippen molar-refractivity contribution in [3.05, 3.63) is 47.5 Å². The molecule has 1 fully saturated rings. The van der Waals surface area contributed by atoms with Crippen molar-refractivity contribution in [2.75, 3.05) is 56.3 Å². The number of hydrogen-bond donors (Lipinski definition) is 1. The van der Waals surface area contributed by atoms with E-state index in [9.17, 15) is 4.79 Å². The first-order valence-electron chi connectivity index (χ1n) is 8.85. The molecule has 1 saturated heterocycles. The Balaban J connectivity index is 1.63. The average Bonchev–Trinajstić information content (AvgIpc) is 2.68. The van der Waals surface area contributed by atoms with Crippen molar-refractivity contribution in [1.82, 2.24) is 4.90 Å². The van der Waals surface area contributed by atoms with E-state index in [1.807, 2.05) is 42.5 Å². The van der Waals surface area contributed by atoms with Gasteiger partial charge in [-0.3, -0.25) is 4.79 Å². The van der Waals surface area contributed by atoms with Crippen LogP contribution in [0.3, 0.4) is 0 Å². The fourth-order valence-corrected chi connectivity index (χ4v) is 3.81. The third kappa shape index (κ3) is 5.54. The van der Waals surface area contributed by atoms with Crippen LogP contribution in [0.1, 0.15) is 0 Å². The minimum Gasteiger partial charge on any atom is -0.497 e. The Kier molecular flexibility index (Phi) is 6.88. The number of nitrogens with one attached hydrogen (secondary N) is 1. The maximum absolute atomic E-state index is 12.5. The van der Waals surface area contributed by atoms with Crippen molar-refractivity contribution in [3.8, 4) is 5.75 Å². The summed E-state index contributed by atoms with van der Waals surface area (Å²) >= 11 is 7.66. The highest BCUT2D eigenvalue weighted by Crippen LogP contribution is 2.30. The summed E-state index contributed by atoms with van der Waals surface area (Å²) in [5.74, 6) is 1.09. The minimum absolute atomic E-state index is 0.0477. The largest absolute Gasteiger partial charge is 0.497 e. The van der Waals surface area contributed by atoms with Crippen LogP contribution in [-0.4, -0.2) is 56.9 Å². The Morgan fingerprint density at radius 2 is 1.85 bits per heavy atom. The van der Waals surface area contributed by atoms with Gasteiger partial charge in [0.25, 0.3) is 0 Å². The number of anilines is 2. The molecule has 2 aromatic carbocycles. The standard InChI is InChI=1S/C20H24ClN3O2S/c1-23-9-11-24(12-10-23)19-8-3-15(21)13-18(19)22-20(25)14-27-17-6-4-16(26-2)5-7-17/h3-8,13H,9-12,14H2,1-2H3,(H,22,25). The Labute approximate surface area is 169 Å². The number of amides is 1. The normalized spacial score (nSPS) is 14.9. The van der Waals surface area contributed by atoms with Gasteiger partial charge in [-0.2, -0.15) is 0 Å². The van der Waals surface area contributed by atoms with Crippen LogP contribution in [0.15, 0.2) is 47.4 Å². The van der Waals surface area contributed by atoms with Gasteiger partial charge in [-0.05, 0) is 49.5 Å². The van der Waals surface area contributed by atoms with Crippen LogP contribution in [0.25, 0.3) is 0 Å². The van der Waals surface area contributed by atoms with E-state index in [0.29, 0.717) is 10.8 Å². The number of thioether (sulfide) groups is 1. The van der Waals surface area contributed by atoms with E-state index < -0.39 is 0 Å². The molecule has 1 N–H and O–H groups in total. The lowest BCUT2D eigenvalue weighted by Gasteiger charge is -2.35. The highest BCUT2D eigenvalue weighted by atomic mass is 35.5. The highest BCUT2D eigenvalue weighted by Gasteiger charge is 2.18. The molecule has 7 heteroatoms. The lowest BCUT2D eigenvalue weighted by Crippen LogP contribution is -2.44. The molecule has 2 aromatic rings. The second kappa shape index (κ2) is 9.35. The van der Waals surface area contributed by atoms with Gasteiger partial charge in [0, 0.05) is 36.1 Å². The number of rotatable bonds is 6. The van der Waals surface area contributed by atoms with Crippen molar-refractivity contribution >= 4 is 40.6 Å². The van der Waals surface area contributed by atoms with Crippen LogP contribution in [-0.2, 0) is 4.79 Å². The molecule has 0 saturated carbocycles. The second-order valence-electron chi connectivity index (χ2n) is 6.46. The van der Waals surface area contributed by atoms with Crippen molar-refractivity contribution < 1.29 is 9.53 Å². The van der Waals surface area contributed by atoms with Crippen LogP contribution in [0, 0.1) is 0 Å². The molecular weight excluding hydrogens is 382 g/mol. The minimum atomic E-state index is -0.0477. The summed E-state index contributed by atoms with van der Waals surface area (Å²) in [5.41, 5.74) is 1.79. The predicted molar refractivity (Wildman–Crippen MR) is 114 cm³/mol. The van der Waals surface area contributed by atoms with Crippen molar-refractivity contribution in [2.24, 2.45) is 0 Å². The molecule has 1 heterocycles. The van der Waals surface area contributed by atoms with E-state index in [4.69, 9.17) is 16.3 Å². The van der Waals surface area contributed by atoms with E-state index in [1.54, 1.807) is 7.11 Å². The van der Waals surface area contributed by atoms with Gasteiger partial charge in [-0.25, -0.2) is 0 Å². The van der Waals surface area contributed by atoms with Crippen LogP contribution in [0.5, 0.6) is 5.75 Å². The Bertz CT molecular complexity index is 777. The maximum atomic E-state index is 12.5. The summed E-state index contributed by atoms with van der Waals surface area (Å²) in [7, 11) is 3.76. The van der Waals surface area contributed by atoms with Gasteiger partial charge in [-0.1, -0.05) is 11.6 Å². The first-order valence-corrected chi connectivity index (χ1v) is 10.2. The molecule has 0 unspecified atom stereocenters. The summed E-state index contributed by atoms with van der Waals surface area (Å²) in [4.78, 5) is 18.1. The summed E-state index contributed by atoms with van der Waals surface area (Å²) in [6.07, 6.45) is 0. The highest BCUT2D eigenvalue weighted by molar-refractivity contribution is 8.00. The Morgan fingerprint density at radius 1 is 1.15 bits per heavy atom. The molecule has 144 valence electrons. The second-order valence-corrected chi connectivity index (χ2v) is 7.95. The predicted octanol–water partition coefficient (Wildman–Crippen LogP) is 3.83. The molecule has 0 atom stereocenters. The number of hydrogen-bond acceptors (Lipinski definition) is 5. The topological polar surface area (TPSA) is 44.8 Å². The number of halogens is 1. The monoisotopic (exact) mass is 405 g/mol. The molecule has 0 spiro atoms. The molecule has 0 aromatic heterocycles. The SMILES string of the molecule is COc1ccc(SCC(=O)Nc2cc(Cl)ccc2N2CCN(C)CC2)cc1. The summed E-state index contributed by atoms with van der Waals surface area (Å²) in [6.45, 7) is 3.87. The average molecular weight is 406 g/mol. The first-order chi connectivity index (χ1) is 13.0. The van der Waals surface area contributed by atoms with E-state index in [2.05, 4.69) is 22.2 Å². The Hall–Kier alpha value is -1.89. The number of ether oxygens (including phenoxy) is 1. The van der Waals surface area contributed by atoms with E-state index in [0.717, 1.165) is 48.2 Å². The van der Waals surface area contributed by atoms with E-state index in [1.165, 1.54) is 11.8 Å². The number of carbonyl (C=O) groups is 1. The fourth-order valence-electron chi connectivity index (χ4n) is 2.94. The van der Waals surface area contributed by atoms with Crippen molar-refractivity contribution in [2.45, 2.75) is 4.90 Å². The number of likely N-dealkylation sites (N-methyl/N-ethyl adjacent to an activating group) is 1. The summed E-state index contributed by atoms with van der Waals surface area (Å²) < 4.78 is 5.15. The molecule has 0 bridgehead atoms. The molecule has 1 amide bonds. The molecule has 1 aliphatic heterocycles. The molecule has 3 rings (SSSR count). The fraction of sp³-hybridized carbons (Fsp3) is 0.350. The Morgan fingerprint density at radius 3 is 2.52 bits per heavy atom. The molecular formula is C20H24ClN3O2S. The van der Waals surface area contributed by atoms with Crippen molar-refractivity contribution in [3.63, 3.8) is 0 Å². The van der Waals surface area contributed by atoms with Gasteiger partial charge in [-0.15, -0.1) is 11.8 Å². The molecule has 0 aliphatic carbocycles. The quantitative estimate of drug-likeness (QED) is 0.740. The molecule has 5 nitrogen and oxygen atoms in total. The van der Waals surface area contributed by atoms with Gasteiger partial charge < -0.3 is 19.9 Å².